The molecule has 12 heteroatoms. The second-order valence-electron chi connectivity index (χ2n) is 18.6. The highest BCUT2D eigenvalue weighted by molar-refractivity contribution is 14.1. The SMILES string of the molecule is CCC(C(=O)[C@@H](C)[C@@H](O)[C@H](C)[C@@H]1O[C@@H]([C@@H](CC)COI)CC[C@@H]1C)[C@H]1O[C@]2(C=C[C@@H](OC(C)=O)[C@]3(CC[C@@](C)([C@H]4CC[C@](O)(CC)[C@H](C)O4)O3)O2)[C@H](C)C[C@@H]1C. The molecular formula is C44H73IO11. The van der Waals surface area contributed by atoms with Gasteiger partial charge in [-0.15, -0.1) is 0 Å². The fraction of sp³-hybridized carbons (Fsp3) is 0.909. The van der Waals surface area contributed by atoms with Gasteiger partial charge in [0.25, 0.3) is 0 Å². The number of aliphatic hydroxyl groups excluding tert-OH is 1. The van der Waals surface area contributed by atoms with Crippen molar-refractivity contribution in [3.63, 3.8) is 0 Å². The molecule has 0 aromatic carbocycles. The van der Waals surface area contributed by atoms with Crippen molar-refractivity contribution in [3.05, 3.63) is 12.2 Å². The Hall–Kier alpha value is -0.710. The van der Waals surface area contributed by atoms with Crippen molar-refractivity contribution in [2.45, 2.75) is 206 Å². The summed E-state index contributed by atoms with van der Waals surface area (Å²) in [5.41, 5.74) is -1.66. The predicted molar refractivity (Wildman–Crippen MR) is 221 cm³/mol. The minimum absolute atomic E-state index is 0.0225. The van der Waals surface area contributed by atoms with E-state index in [2.05, 4.69) is 27.7 Å². The molecule has 4 saturated heterocycles. The van der Waals surface area contributed by atoms with Crippen LogP contribution in [-0.4, -0.2) is 94.1 Å². The molecule has 0 saturated carbocycles. The molecule has 2 N–H and O–H groups in total. The van der Waals surface area contributed by atoms with Crippen molar-refractivity contribution in [1.82, 2.24) is 0 Å². The zero-order chi connectivity index (χ0) is 41.4. The third kappa shape index (κ3) is 9.14. The smallest absolute Gasteiger partial charge is 0.303 e. The van der Waals surface area contributed by atoms with Crippen molar-refractivity contribution < 1.29 is 51.3 Å². The first-order valence-electron chi connectivity index (χ1n) is 21.8. The standard InChI is InChI=1S/C44H73IO11/c1-12-32(24-50-45)34-16-15-25(4)39(53-34)29(8)37(47)28(7)38(48)33(13-2)40-26(5)23-27(6)43(54-40)20-18-36(52-31(10)46)44(56-43)22-21-41(11,55-44)35-17-19-42(49,14-3)30(9)51-35/h18,20,25-30,32-37,39-40,47,49H,12-17,19,21-24H2,1-11H3/t25-,26-,27+,28-,29-,30-,32-,33?,34+,35+,36+,37+,39+,40-,41-,42+,43-,44-/m0/s1. The molecule has 5 aliphatic rings. The molecule has 11 nitrogen and oxygen atoms in total. The molecule has 0 radical (unpaired) electrons. The summed E-state index contributed by atoms with van der Waals surface area (Å²) in [7, 11) is 0. The summed E-state index contributed by atoms with van der Waals surface area (Å²) in [5, 5.41) is 23.0. The molecule has 0 aromatic rings. The highest BCUT2D eigenvalue weighted by Gasteiger charge is 2.64. The number of Topliss-reactive ketones (excluding diaryl/α,β-unsaturated/α-hetero) is 1. The van der Waals surface area contributed by atoms with E-state index in [1.165, 1.54) is 6.92 Å². The zero-order valence-corrected chi connectivity index (χ0v) is 38.1. The molecular weight excluding hydrogens is 831 g/mol. The molecule has 5 aliphatic heterocycles. The zero-order valence-electron chi connectivity index (χ0n) is 36.0. The molecule has 5 heterocycles. The molecule has 2 spiro atoms. The van der Waals surface area contributed by atoms with E-state index < -0.39 is 58.9 Å². The van der Waals surface area contributed by atoms with Crippen LogP contribution in [0, 0.1) is 41.4 Å². The third-order valence-electron chi connectivity index (χ3n) is 14.8. The predicted octanol–water partition coefficient (Wildman–Crippen LogP) is 8.04. The Morgan fingerprint density at radius 2 is 1.66 bits per heavy atom. The van der Waals surface area contributed by atoms with Crippen molar-refractivity contribution in [3.8, 4) is 0 Å². The molecule has 0 aromatic heterocycles. The van der Waals surface area contributed by atoms with Gasteiger partial charge in [0.1, 0.15) is 28.8 Å². The maximum Gasteiger partial charge on any atom is 0.303 e. The number of carbonyl (C=O) groups is 2. The van der Waals surface area contributed by atoms with Crippen molar-refractivity contribution >= 4 is 34.8 Å². The summed E-state index contributed by atoms with van der Waals surface area (Å²) in [5.74, 6) is -3.98. The second kappa shape index (κ2) is 18.5. The van der Waals surface area contributed by atoms with Crippen LogP contribution in [0.5, 0.6) is 0 Å². The number of hydrogen-bond donors (Lipinski definition) is 2. The Morgan fingerprint density at radius 1 is 0.946 bits per heavy atom. The molecule has 322 valence electrons. The van der Waals surface area contributed by atoms with Gasteiger partial charge in [-0.2, -0.15) is 0 Å². The Labute approximate surface area is 350 Å². The van der Waals surface area contributed by atoms with E-state index in [9.17, 15) is 19.8 Å². The van der Waals surface area contributed by atoms with Crippen molar-refractivity contribution in [2.24, 2.45) is 41.4 Å². The molecule has 56 heavy (non-hydrogen) atoms. The molecule has 1 unspecified atom stereocenters. The molecule has 0 aliphatic carbocycles. The van der Waals surface area contributed by atoms with E-state index in [4.69, 9.17) is 31.5 Å². The van der Waals surface area contributed by atoms with Crippen LogP contribution in [0.15, 0.2) is 12.2 Å². The summed E-state index contributed by atoms with van der Waals surface area (Å²) in [6.07, 6.45) is 7.73. The Morgan fingerprint density at radius 3 is 2.27 bits per heavy atom. The van der Waals surface area contributed by atoms with Gasteiger partial charge in [-0.3, -0.25) is 9.59 Å². The maximum absolute atomic E-state index is 14.6. The average molecular weight is 905 g/mol. The summed E-state index contributed by atoms with van der Waals surface area (Å²) < 4.78 is 45.7. The number of esters is 1. The van der Waals surface area contributed by atoms with Crippen LogP contribution < -0.4 is 0 Å². The lowest BCUT2D eigenvalue weighted by Gasteiger charge is -2.54. The number of ether oxygens (including phenoxy) is 6. The van der Waals surface area contributed by atoms with Gasteiger partial charge in [-0.25, -0.2) is 0 Å². The first-order valence-corrected chi connectivity index (χ1v) is 22.6. The van der Waals surface area contributed by atoms with Crippen LogP contribution in [0.3, 0.4) is 0 Å². The Balaban J connectivity index is 1.35. The first-order chi connectivity index (χ1) is 26.3. The molecule has 4 fully saturated rings. The van der Waals surface area contributed by atoms with Gasteiger partial charge in [0.15, 0.2) is 11.9 Å². The largest absolute Gasteiger partial charge is 0.453 e. The van der Waals surface area contributed by atoms with Gasteiger partial charge in [0.2, 0.25) is 5.79 Å². The summed E-state index contributed by atoms with van der Waals surface area (Å²) in [6.45, 7) is 22.3. The van der Waals surface area contributed by atoms with Crippen LogP contribution in [0.4, 0.5) is 0 Å². The lowest BCUT2D eigenvalue weighted by molar-refractivity contribution is -0.409. The van der Waals surface area contributed by atoms with E-state index in [1.54, 1.807) is 0 Å². The number of aliphatic hydroxyl groups is 2. The molecule has 0 amide bonds. The summed E-state index contributed by atoms with van der Waals surface area (Å²) in [4.78, 5) is 27.0. The third-order valence-corrected chi connectivity index (χ3v) is 15.2. The second-order valence-corrected chi connectivity index (χ2v) is 19.2. The van der Waals surface area contributed by atoms with Crippen LogP contribution in [-0.2, 0) is 41.1 Å². The number of rotatable bonds is 14. The average Bonchev–Trinajstić information content (AvgIpc) is 3.51. The quantitative estimate of drug-likeness (QED) is 0.0996. The van der Waals surface area contributed by atoms with Gasteiger partial charge in [0.05, 0.1) is 54.4 Å². The fourth-order valence-corrected chi connectivity index (χ4v) is 11.3. The van der Waals surface area contributed by atoms with Gasteiger partial charge in [-0.1, -0.05) is 55.4 Å². The van der Waals surface area contributed by atoms with Crippen LogP contribution in [0.2, 0.25) is 0 Å². The molecule has 5 rings (SSSR count). The fourth-order valence-electron chi connectivity index (χ4n) is 10.8. The summed E-state index contributed by atoms with van der Waals surface area (Å²) in [6, 6.07) is 0. The van der Waals surface area contributed by atoms with Crippen LogP contribution >= 0.6 is 23.0 Å². The van der Waals surface area contributed by atoms with E-state index >= 15 is 0 Å². The topological polar surface area (TPSA) is 139 Å². The Bertz CT molecular complexity index is 1380. The lowest BCUT2D eigenvalue weighted by atomic mass is 9.72. The van der Waals surface area contributed by atoms with Crippen molar-refractivity contribution in [1.29, 1.82) is 0 Å². The van der Waals surface area contributed by atoms with E-state index in [0.717, 1.165) is 25.7 Å². The van der Waals surface area contributed by atoms with Gasteiger partial charge in [0, 0.05) is 42.9 Å². The van der Waals surface area contributed by atoms with E-state index in [0.29, 0.717) is 45.1 Å². The first kappa shape index (κ1) is 46.4. The molecule has 0 bridgehead atoms. The van der Waals surface area contributed by atoms with Gasteiger partial charge in [-0.05, 0) is 95.6 Å². The monoisotopic (exact) mass is 904 g/mol. The minimum Gasteiger partial charge on any atom is -0.453 e. The highest BCUT2D eigenvalue weighted by atomic mass is 127. The van der Waals surface area contributed by atoms with Gasteiger partial charge < -0.3 is 41.7 Å². The number of halogens is 1. The van der Waals surface area contributed by atoms with Gasteiger partial charge >= 0.3 is 5.97 Å². The number of ketones is 1. The van der Waals surface area contributed by atoms with Crippen LogP contribution in [0.25, 0.3) is 0 Å². The minimum atomic E-state index is -1.35. The highest BCUT2D eigenvalue weighted by Crippen LogP contribution is 2.54. The van der Waals surface area contributed by atoms with Crippen LogP contribution in [0.1, 0.15) is 140 Å². The Kier molecular flexibility index (Phi) is 15.3. The summed E-state index contributed by atoms with van der Waals surface area (Å²) >= 11 is 1.95. The lowest BCUT2D eigenvalue weighted by Crippen LogP contribution is -2.63. The normalized spacial score (nSPS) is 44.3. The maximum atomic E-state index is 14.6. The van der Waals surface area contributed by atoms with E-state index in [-0.39, 0.29) is 59.8 Å². The van der Waals surface area contributed by atoms with Crippen molar-refractivity contribution in [2.75, 3.05) is 6.61 Å². The van der Waals surface area contributed by atoms with E-state index in [1.807, 2.05) is 76.7 Å². The number of carbonyl (C=O) groups excluding carboxylic acids is 2. The molecule has 18 atom stereocenters. The number of hydrogen-bond acceptors (Lipinski definition) is 11.